The number of amides is 1. The summed E-state index contributed by atoms with van der Waals surface area (Å²) in [6, 6.07) is 14.7. The number of carbonyl (C=O) groups excluding carboxylic acids is 1. The molecule has 1 aromatic heterocycles. The fourth-order valence-electron chi connectivity index (χ4n) is 2.48. The largest absolute Gasteiger partial charge is 0.345 e. The third-order valence-corrected chi connectivity index (χ3v) is 3.77. The van der Waals surface area contributed by atoms with Crippen LogP contribution < -0.4 is 5.32 Å². The lowest BCUT2D eigenvalue weighted by Crippen LogP contribution is -2.24. The van der Waals surface area contributed by atoms with Crippen LogP contribution in [0.5, 0.6) is 0 Å². The average molecular weight is 326 g/mol. The minimum Gasteiger partial charge on any atom is -0.345 e. The van der Waals surface area contributed by atoms with Gasteiger partial charge in [0.1, 0.15) is 5.82 Å². The molecule has 116 valence electrons. The van der Waals surface area contributed by atoms with E-state index in [0.717, 1.165) is 16.9 Å². The molecule has 1 N–H and O–H groups in total. The quantitative estimate of drug-likeness (QED) is 0.725. The molecule has 4 nitrogen and oxygen atoms in total. The highest BCUT2D eigenvalue weighted by Gasteiger charge is 2.11. The summed E-state index contributed by atoms with van der Waals surface area (Å²) < 4.78 is 2.04. The van der Waals surface area contributed by atoms with E-state index >= 15 is 0 Å². The topological polar surface area (TPSA) is 46.9 Å². The molecule has 3 aromatic rings. The first-order valence-corrected chi connectivity index (χ1v) is 7.65. The van der Waals surface area contributed by atoms with Crippen LogP contribution in [0, 0.1) is 0 Å². The van der Waals surface area contributed by atoms with Gasteiger partial charge in [0.25, 0.3) is 5.91 Å². The van der Waals surface area contributed by atoms with Gasteiger partial charge in [0.15, 0.2) is 0 Å². The molecular weight excluding hydrogens is 310 g/mol. The summed E-state index contributed by atoms with van der Waals surface area (Å²) in [7, 11) is 0. The smallest absolute Gasteiger partial charge is 0.251 e. The third kappa shape index (κ3) is 3.27. The number of halogens is 1. The Morgan fingerprint density at radius 1 is 1.26 bits per heavy atom. The normalized spacial score (nSPS) is 10.7. The Morgan fingerprint density at radius 2 is 2.09 bits per heavy atom. The zero-order chi connectivity index (χ0) is 16.2. The summed E-state index contributed by atoms with van der Waals surface area (Å²) >= 11 is 5.92. The molecule has 0 saturated heterocycles. The second-order valence-corrected chi connectivity index (χ2v) is 5.55. The van der Waals surface area contributed by atoms with Gasteiger partial charge in [-0.25, -0.2) is 4.98 Å². The van der Waals surface area contributed by atoms with Gasteiger partial charge < -0.3 is 9.88 Å². The maximum Gasteiger partial charge on any atom is 0.251 e. The first kappa shape index (κ1) is 15.3. The third-order valence-electron chi connectivity index (χ3n) is 3.54. The van der Waals surface area contributed by atoms with Crippen molar-refractivity contribution in [2.75, 3.05) is 0 Å². The molecule has 0 bridgehead atoms. The standard InChI is InChI=1S/C18H16ClN3O/c1-2-10-22-16-9-4-3-8-15(16)21-17(22)12-20-18(23)13-6-5-7-14(19)11-13/h2-9,11H,1,10,12H2,(H,20,23). The van der Waals surface area contributed by atoms with Gasteiger partial charge in [0.05, 0.1) is 17.6 Å². The Morgan fingerprint density at radius 3 is 2.87 bits per heavy atom. The maximum absolute atomic E-state index is 12.2. The molecule has 0 radical (unpaired) electrons. The number of para-hydroxylation sites is 2. The molecule has 0 unspecified atom stereocenters. The van der Waals surface area contributed by atoms with E-state index in [1.165, 1.54) is 0 Å². The van der Waals surface area contributed by atoms with Crippen LogP contribution in [0.15, 0.2) is 61.2 Å². The summed E-state index contributed by atoms with van der Waals surface area (Å²) in [5.74, 6) is 0.617. The number of imidazole rings is 1. The van der Waals surface area contributed by atoms with Crippen LogP contribution in [-0.2, 0) is 13.1 Å². The second-order valence-electron chi connectivity index (χ2n) is 5.11. The number of hydrogen-bond acceptors (Lipinski definition) is 2. The molecule has 0 aliphatic rings. The Hall–Kier alpha value is -2.59. The lowest BCUT2D eigenvalue weighted by Gasteiger charge is -2.08. The van der Waals surface area contributed by atoms with Crippen LogP contribution in [0.2, 0.25) is 5.02 Å². The number of allylic oxidation sites excluding steroid dienone is 1. The summed E-state index contributed by atoms with van der Waals surface area (Å²) in [5.41, 5.74) is 2.46. The summed E-state index contributed by atoms with van der Waals surface area (Å²) in [6.07, 6.45) is 1.82. The fourth-order valence-corrected chi connectivity index (χ4v) is 2.67. The van der Waals surface area contributed by atoms with Gasteiger partial charge in [0.2, 0.25) is 0 Å². The van der Waals surface area contributed by atoms with Crippen LogP contribution in [-0.4, -0.2) is 15.5 Å². The van der Waals surface area contributed by atoms with Gasteiger partial charge in [-0.15, -0.1) is 6.58 Å². The predicted molar refractivity (Wildman–Crippen MR) is 92.6 cm³/mol. The Balaban J connectivity index is 1.82. The molecule has 5 heteroatoms. The summed E-state index contributed by atoms with van der Waals surface area (Å²) in [6.45, 7) is 4.77. The molecule has 0 aliphatic carbocycles. The number of aromatic nitrogens is 2. The number of benzene rings is 2. The Kier molecular flexibility index (Phi) is 4.44. The highest BCUT2D eigenvalue weighted by molar-refractivity contribution is 6.30. The van der Waals surface area contributed by atoms with Gasteiger partial charge in [0, 0.05) is 17.1 Å². The average Bonchev–Trinajstić information content (AvgIpc) is 2.91. The SMILES string of the molecule is C=CCn1c(CNC(=O)c2cccc(Cl)c2)nc2ccccc21. The molecule has 0 atom stereocenters. The molecule has 1 heterocycles. The van der Waals surface area contributed by atoms with E-state index in [0.29, 0.717) is 23.7 Å². The minimum absolute atomic E-state index is 0.176. The molecule has 0 saturated carbocycles. The van der Waals surface area contributed by atoms with E-state index in [1.807, 2.05) is 34.9 Å². The van der Waals surface area contributed by atoms with Gasteiger partial charge in [-0.05, 0) is 30.3 Å². The van der Waals surface area contributed by atoms with Gasteiger partial charge in [-0.1, -0.05) is 35.9 Å². The number of hydrogen-bond donors (Lipinski definition) is 1. The van der Waals surface area contributed by atoms with Crippen LogP contribution in [0.25, 0.3) is 11.0 Å². The van der Waals surface area contributed by atoms with Crippen molar-refractivity contribution < 1.29 is 4.79 Å². The van der Waals surface area contributed by atoms with E-state index in [2.05, 4.69) is 16.9 Å². The molecule has 2 aromatic carbocycles. The predicted octanol–water partition coefficient (Wildman–Crippen LogP) is 3.81. The van der Waals surface area contributed by atoms with Gasteiger partial charge in [-0.3, -0.25) is 4.79 Å². The van der Waals surface area contributed by atoms with Crippen molar-refractivity contribution in [3.8, 4) is 0 Å². The molecule has 0 fully saturated rings. The Bertz CT molecular complexity index is 870. The van der Waals surface area contributed by atoms with Crippen molar-refractivity contribution in [1.29, 1.82) is 0 Å². The highest BCUT2D eigenvalue weighted by atomic mass is 35.5. The zero-order valence-corrected chi connectivity index (χ0v) is 13.3. The van der Waals surface area contributed by atoms with Crippen molar-refractivity contribution >= 4 is 28.5 Å². The summed E-state index contributed by atoms with van der Waals surface area (Å²) in [4.78, 5) is 16.8. The monoisotopic (exact) mass is 325 g/mol. The first-order valence-electron chi connectivity index (χ1n) is 7.28. The van der Waals surface area contributed by atoms with Crippen molar-refractivity contribution in [3.05, 3.63) is 77.6 Å². The van der Waals surface area contributed by atoms with Crippen molar-refractivity contribution in [2.45, 2.75) is 13.1 Å². The number of nitrogens with zero attached hydrogens (tertiary/aromatic N) is 2. The van der Waals surface area contributed by atoms with E-state index in [-0.39, 0.29) is 5.91 Å². The van der Waals surface area contributed by atoms with E-state index in [9.17, 15) is 4.79 Å². The number of carbonyl (C=O) groups is 1. The lowest BCUT2D eigenvalue weighted by atomic mass is 10.2. The molecule has 0 aliphatic heterocycles. The highest BCUT2D eigenvalue weighted by Crippen LogP contribution is 2.16. The number of fused-ring (bicyclic) bond motifs is 1. The molecule has 3 rings (SSSR count). The van der Waals surface area contributed by atoms with Crippen LogP contribution in [0.1, 0.15) is 16.2 Å². The van der Waals surface area contributed by atoms with E-state index in [4.69, 9.17) is 11.6 Å². The zero-order valence-electron chi connectivity index (χ0n) is 12.5. The lowest BCUT2D eigenvalue weighted by molar-refractivity contribution is 0.0949. The van der Waals surface area contributed by atoms with E-state index < -0.39 is 0 Å². The number of nitrogens with one attached hydrogen (secondary N) is 1. The minimum atomic E-state index is -0.176. The first-order chi connectivity index (χ1) is 11.2. The Labute approximate surface area is 139 Å². The number of rotatable bonds is 5. The molecule has 0 spiro atoms. The fraction of sp³-hybridized carbons (Fsp3) is 0.111. The van der Waals surface area contributed by atoms with E-state index in [1.54, 1.807) is 24.3 Å². The molecular formula is C18H16ClN3O. The van der Waals surface area contributed by atoms with Gasteiger partial charge in [-0.2, -0.15) is 0 Å². The van der Waals surface area contributed by atoms with Crippen molar-refractivity contribution in [3.63, 3.8) is 0 Å². The maximum atomic E-state index is 12.2. The van der Waals surface area contributed by atoms with Gasteiger partial charge >= 0.3 is 0 Å². The second kappa shape index (κ2) is 6.67. The van der Waals surface area contributed by atoms with Crippen molar-refractivity contribution in [2.24, 2.45) is 0 Å². The van der Waals surface area contributed by atoms with Crippen LogP contribution in [0.4, 0.5) is 0 Å². The molecule has 1 amide bonds. The van der Waals surface area contributed by atoms with Crippen LogP contribution in [0.3, 0.4) is 0 Å². The van der Waals surface area contributed by atoms with Crippen molar-refractivity contribution in [1.82, 2.24) is 14.9 Å². The summed E-state index contributed by atoms with van der Waals surface area (Å²) in [5, 5.41) is 3.43. The van der Waals surface area contributed by atoms with Crippen LogP contribution >= 0.6 is 11.6 Å². The molecule has 23 heavy (non-hydrogen) atoms.